The van der Waals surface area contributed by atoms with Crippen LogP contribution in [0.5, 0.6) is 0 Å². The Morgan fingerprint density at radius 2 is 2.32 bits per heavy atom. The number of rotatable bonds is 3. The summed E-state index contributed by atoms with van der Waals surface area (Å²) in [4.78, 5) is 9.47. The van der Waals surface area contributed by atoms with Crippen LogP contribution in [0.25, 0.3) is 4.96 Å². The predicted octanol–water partition coefficient (Wildman–Crippen LogP) is 3.18. The SMILES string of the molecule is Cc1cn2c(CN3CCO[C@@H](c4ccco4)C3)c(C)nc2s1. The summed E-state index contributed by atoms with van der Waals surface area (Å²) in [5.41, 5.74) is 2.40. The number of fused-ring (bicyclic) bond motifs is 1. The fraction of sp³-hybridized carbons (Fsp3) is 0.438. The third kappa shape index (κ3) is 2.47. The maximum Gasteiger partial charge on any atom is 0.194 e. The molecule has 3 aromatic heterocycles. The summed E-state index contributed by atoms with van der Waals surface area (Å²) < 4.78 is 13.6. The monoisotopic (exact) mass is 317 g/mol. The number of nitrogens with zero attached hydrogens (tertiary/aromatic N) is 3. The molecule has 0 amide bonds. The normalized spacial score (nSPS) is 20.0. The van der Waals surface area contributed by atoms with Gasteiger partial charge in [-0.05, 0) is 26.0 Å². The Kier molecular flexibility index (Phi) is 3.52. The fourth-order valence-corrected chi connectivity index (χ4v) is 3.89. The molecule has 4 heterocycles. The van der Waals surface area contributed by atoms with Gasteiger partial charge in [0, 0.05) is 30.7 Å². The number of furan rings is 1. The lowest BCUT2D eigenvalue weighted by molar-refractivity contribution is -0.0432. The first-order chi connectivity index (χ1) is 10.7. The molecule has 0 saturated carbocycles. The molecule has 1 atom stereocenters. The van der Waals surface area contributed by atoms with Crippen molar-refractivity contribution in [2.45, 2.75) is 26.5 Å². The molecule has 116 valence electrons. The van der Waals surface area contributed by atoms with Crippen molar-refractivity contribution in [1.82, 2.24) is 14.3 Å². The number of aryl methyl sites for hydroxylation is 2. The number of hydrogen-bond donors (Lipinski definition) is 0. The van der Waals surface area contributed by atoms with Gasteiger partial charge in [-0.2, -0.15) is 0 Å². The van der Waals surface area contributed by atoms with E-state index in [2.05, 4.69) is 34.3 Å². The van der Waals surface area contributed by atoms with Crippen molar-refractivity contribution in [2.75, 3.05) is 19.7 Å². The lowest BCUT2D eigenvalue weighted by Gasteiger charge is -2.31. The molecule has 1 aliphatic heterocycles. The van der Waals surface area contributed by atoms with Crippen LogP contribution in [0.4, 0.5) is 0 Å². The zero-order valence-electron chi connectivity index (χ0n) is 12.8. The highest BCUT2D eigenvalue weighted by Crippen LogP contribution is 2.26. The van der Waals surface area contributed by atoms with E-state index in [4.69, 9.17) is 9.15 Å². The Morgan fingerprint density at radius 3 is 3.14 bits per heavy atom. The molecular weight excluding hydrogens is 298 g/mol. The summed E-state index contributed by atoms with van der Waals surface area (Å²) in [5.74, 6) is 0.909. The van der Waals surface area contributed by atoms with E-state index in [1.807, 2.05) is 12.1 Å². The first kappa shape index (κ1) is 14.0. The highest BCUT2D eigenvalue weighted by atomic mass is 32.1. The van der Waals surface area contributed by atoms with Gasteiger partial charge in [-0.15, -0.1) is 11.3 Å². The van der Waals surface area contributed by atoms with Gasteiger partial charge in [0.2, 0.25) is 0 Å². The minimum absolute atomic E-state index is 0.0247. The molecule has 22 heavy (non-hydrogen) atoms. The van der Waals surface area contributed by atoms with Crippen LogP contribution in [0, 0.1) is 13.8 Å². The summed E-state index contributed by atoms with van der Waals surface area (Å²) in [7, 11) is 0. The largest absolute Gasteiger partial charge is 0.467 e. The van der Waals surface area contributed by atoms with E-state index in [1.165, 1.54) is 10.6 Å². The number of hydrogen-bond acceptors (Lipinski definition) is 5. The lowest BCUT2D eigenvalue weighted by Crippen LogP contribution is -2.38. The number of ether oxygens (including phenoxy) is 1. The second kappa shape index (κ2) is 5.53. The fourth-order valence-electron chi connectivity index (χ4n) is 3.00. The van der Waals surface area contributed by atoms with E-state index in [1.54, 1.807) is 17.6 Å². The second-order valence-corrected chi connectivity index (χ2v) is 6.96. The van der Waals surface area contributed by atoms with Crippen molar-refractivity contribution in [1.29, 1.82) is 0 Å². The van der Waals surface area contributed by atoms with Crippen molar-refractivity contribution in [3.63, 3.8) is 0 Å². The summed E-state index contributed by atoms with van der Waals surface area (Å²) in [6.07, 6.45) is 3.91. The molecule has 6 heteroatoms. The van der Waals surface area contributed by atoms with Gasteiger partial charge in [-0.3, -0.25) is 9.30 Å². The minimum atomic E-state index is 0.0247. The van der Waals surface area contributed by atoms with E-state index in [9.17, 15) is 0 Å². The van der Waals surface area contributed by atoms with Crippen molar-refractivity contribution in [2.24, 2.45) is 0 Å². The van der Waals surface area contributed by atoms with E-state index in [-0.39, 0.29) is 6.10 Å². The van der Waals surface area contributed by atoms with Gasteiger partial charge in [0.1, 0.15) is 11.9 Å². The van der Waals surface area contributed by atoms with Crippen LogP contribution < -0.4 is 0 Å². The molecular formula is C16H19N3O2S. The molecule has 3 aromatic rings. The first-order valence-corrected chi connectivity index (χ1v) is 8.33. The number of morpholine rings is 1. The topological polar surface area (TPSA) is 42.9 Å². The minimum Gasteiger partial charge on any atom is -0.467 e. The van der Waals surface area contributed by atoms with Gasteiger partial charge in [0.05, 0.1) is 24.3 Å². The lowest BCUT2D eigenvalue weighted by atomic mass is 10.2. The van der Waals surface area contributed by atoms with E-state index in [0.29, 0.717) is 0 Å². The maximum atomic E-state index is 5.84. The summed E-state index contributed by atoms with van der Waals surface area (Å²) in [6.45, 7) is 7.63. The maximum absolute atomic E-state index is 5.84. The Labute approximate surface area is 133 Å². The number of aromatic nitrogens is 2. The zero-order chi connectivity index (χ0) is 15.1. The average Bonchev–Trinajstić information content (AvgIpc) is 3.19. The van der Waals surface area contributed by atoms with Crippen molar-refractivity contribution >= 4 is 16.3 Å². The first-order valence-electron chi connectivity index (χ1n) is 7.52. The molecule has 0 bridgehead atoms. The highest BCUT2D eigenvalue weighted by molar-refractivity contribution is 7.17. The third-order valence-corrected chi connectivity index (χ3v) is 5.02. The van der Waals surface area contributed by atoms with Gasteiger partial charge in [0.15, 0.2) is 4.96 Å². The molecule has 0 N–H and O–H groups in total. The number of imidazole rings is 1. The summed E-state index contributed by atoms with van der Waals surface area (Å²) >= 11 is 1.74. The molecule has 0 spiro atoms. The zero-order valence-corrected chi connectivity index (χ0v) is 13.6. The average molecular weight is 317 g/mol. The molecule has 1 aliphatic rings. The number of thiazole rings is 1. The van der Waals surface area contributed by atoms with Crippen LogP contribution in [0.2, 0.25) is 0 Å². The highest BCUT2D eigenvalue weighted by Gasteiger charge is 2.25. The predicted molar refractivity (Wildman–Crippen MR) is 85.2 cm³/mol. The van der Waals surface area contributed by atoms with Crippen molar-refractivity contribution in [3.05, 3.63) is 46.6 Å². The molecule has 1 fully saturated rings. The van der Waals surface area contributed by atoms with Gasteiger partial charge < -0.3 is 9.15 Å². The molecule has 0 aromatic carbocycles. The van der Waals surface area contributed by atoms with Crippen LogP contribution in [0.15, 0.2) is 29.0 Å². The van der Waals surface area contributed by atoms with E-state index >= 15 is 0 Å². The molecule has 0 aliphatic carbocycles. The Morgan fingerprint density at radius 1 is 1.41 bits per heavy atom. The molecule has 0 unspecified atom stereocenters. The second-order valence-electron chi connectivity index (χ2n) is 5.75. The van der Waals surface area contributed by atoms with Crippen LogP contribution in [-0.2, 0) is 11.3 Å². The van der Waals surface area contributed by atoms with E-state index < -0.39 is 0 Å². The Hall–Kier alpha value is -1.63. The van der Waals surface area contributed by atoms with Gasteiger partial charge >= 0.3 is 0 Å². The Balaban J connectivity index is 1.55. The Bertz CT molecular complexity index is 775. The summed E-state index contributed by atoms with van der Waals surface area (Å²) in [5, 5.41) is 0. The van der Waals surface area contributed by atoms with Gasteiger partial charge in [-0.1, -0.05) is 0 Å². The van der Waals surface area contributed by atoms with Crippen LogP contribution in [0.3, 0.4) is 0 Å². The van der Waals surface area contributed by atoms with Crippen LogP contribution in [-0.4, -0.2) is 34.0 Å². The van der Waals surface area contributed by atoms with Crippen LogP contribution in [0.1, 0.15) is 28.1 Å². The van der Waals surface area contributed by atoms with Gasteiger partial charge in [0.25, 0.3) is 0 Å². The quantitative estimate of drug-likeness (QED) is 0.744. The standard InChI is InChI=1S/C16H19N3O2S/c1-11-8-19-13(12(2)17-16(19)22-11)9-18-5-7-21-15(10-18)14-4-3-6-20-14/h3-4,6,8,15H,5,7,9-10H2,1-2H3/t15-/m1/s1. The van der Waals surface area contributed by atoms with Crippen molar-refractivity contribution < 1.29 is 9.15 Å². The molecule has 1 saturated heterocycles. The molecule has 4 rings (SSSR count). The van der Waals surface area contributed by atoms with Crippen LogP contribution >= 0.6 is 11.3 Å². The molecule has 5 nitrogen and oxygen atoms in total. The smallest absolute Gasteiger partial charge is 0.194 e. The third-order valence-electron chi connectivity index (χ3n) is 4.13. The van der Waals surface area contributed by atoms with E-state index in [0.717, 1.165) is 42.7 Å². The van der Waals surface area contributed by atoms with Gasteiger partial charge in [-0.25, -0.2) is 4.98 Å². The van der Waals surface area contributed by atoms with Crippen molar-refractivity contribution in [3.8, 4) is 0 Å². The summed E-state index contributed by atoms with van der Waals surface area (Å²) in [6, 6.07) is 3.90. The molecule has 0 radical (unpaired) electrons.